The van der Waals surface area contributed by atoms with Gasteiger partial charge in [0.15, 0.2) is 0 Å². The molecule has 2 aromatic carbocycles. The molecule has 0 fully saturated rings. The Morgan fingerprint density at radius 3 is 1.91 bits per heavy atom. The minimum Gasteiger partial charge on any atom is -0.497 e. The quantitative estimate of drug-likeness (QED) is 0.594. The fourth-order valence-electron chi connectivity index (χ4n) is 3.47. The fourth-order valence-corrected chi connectivity index (χ4v) is 3.47. The van der Waals surface area contributed by atoms with E-state index in [0.717, 1.165) is 5.75 Å². The maximum Gasteiger partial charge on any atom is 0.119 e. The molecule has 0 N–H and O–H groups in total. The molecule has 0 aliphatic carbocycles. The minimum absolute atomic E-state index is 0.493. The zero-order chi connectivity index (χ0) is 17.1. The van der Waals surface area contributed by atoms with E-state index >= 15 is 0 Å². The van der Waals surface area contributed by atoms with E-state index in [4.69, 9.17) is 4.74 Å². The van der Waals surface area contributed by atoms with Crippen LogP contribution in [0.4, 0.5) is 0 Å². The number of hydrogen-bond acceptors (Lipinski definition) is 1. The number of ether oxygens (including phenoxy) is 1. The Labute approximate surface area is 141 Å². The molecule has 2 rings (SSSR count). The molecular formula is C22H30O. The highest BCUT2D eigenvalue weighted by molar-refractivity contribution is 5.72. The van der Waals surface area contributed by atoms with Gasteiger partial charge in [-0.3, -0.25) is 0 Å². The van der Waals surface area contributed by atoms with Crippen LogP contribution in [0.2, 0.25) is 0 Å². The smallest absolute Gasteiger partial charge is 0.119 e. The normalized spacial score (nSPS) is 11.6. The van der Waals surface area contributed by atoms with Crippen molar-refractivity contribution in [2.24, 2.45) is 0 Å². The summed E-state index contributed by atoms with van der Waals surface area (Å²) in [7, 11) is 1.73. The number of rotatable bonds is 5. The average molecular weight is 310 g/mol. The molecule has 0 bridgehead atoms. The van der Waals surface area contributed by atoms with Crippen molar-refractivity contribution in [2.45, 2.75) is 59.3 Å². The Balaban J connectivity index is 2.76. The van der Waals surface area contributed by atoms with E-state index in [9.17, 15) is 0 Å². The summed E-state index contributed by atoms with van der Waals surface area (Å²) in [6.07, 6.45) is 0. The molecule has 0 amide bonds. The van der Waals surface area contributed by atoms with Crippen molar-refractivity contribution in [1.29, 1.82) is 0 Å². The van der Waals surface area contributed by atoms with Gasteiger partial charge in [0.05, 0.1) is 7.11 Å². The third-order valence-electron chi connectivity index (χ3n) is 4.48. The lowest BCUT2D eigenvalue weighted by molar-refractivity contribution is 0.415. The molecular weight excluding hydrogens is 280 g/mol. The van der Waals surface area contributed by atoms with Crippen LogP contribution in [0, 0.1) is 0 Å². The second kappa shape index (κ2) is 7.21. The van der Waals surface area contributed by atoms with Crippen LogP contribution in [0.25, 0.3) is 11.1 Å². The zero-order valence-electron chi connectivity index (χ0n) is 15.6. The summed E-state index contributed by atoms with van der Waals surface area (Å²) < 4.78 is 5.42. The first-order valence-corrected chi connectivity index (χ1v) is 8.67. The van der Waals surface area contributed by atoms with E-state index in [1.807, 2.05) is 6.07 Å². The van der Waals surface area contributed by atoms with E-state index in [1.54, 1.807) is 7.11 Å². The first-order valence-electron chi connectivity index (χ1n) is 8.67. The second-order valence-corrected chi connectivity index (χ2v) is 7.23. The Bertz CT molecular complexity index is 666. The number of hydrogen-bond donors (Lipinski definition) is 0. The summed E-state index contributed by atoms with van der Waals surface area (Å²) in [4.78, 5) is 0. The highest BCUT2D eigenvalue weighted by atomic mass is 16.5. The van der Waals surface area contributed by atoms with Crippen molar-refractivity contribution < 1.29 is 4.74 Å². The van der Waals surface area contributed by atoms with Crippen molar-refractivity contribution in [2.75, 3.05) is 7.11 Å². The molecule has 0 saturated carbocycles. The van der Waals surface area contributed by atoms with Crippen LogP contribution in [0.15, 0.2) is 36.4 Å². The monoisotopic (exact) mass is 310 g/mol. The van der Waals surface area contributed by atoms with Crippen LogP contribution < -0.4 is 4.74 Å². The molecule has 0 spiro atoms. The number of methoxy groups -OCH3 is 1. The van der Waals surface area contributed by atoms with Gasteiger partial charge < -0.3 is 4.74 Å². The second-order valence-electron chi connectivity index (χ2n) is 7.23. The van der Waals surface area contributed by atoms with Gasteiger partial charge in [-0.2, -0.15) is 0 Å². The van der Waals surface area contributed by atoms with Gasteiger partial charge in [0.1, 0.15) is 5.75 Å². The molecule has 0 aromatic heterocycles. The lowest BCUT2D eigenvalue weighted by atomic mass is 9.79. The van der Waals surface area contributed by atoms with Gasteiger partial charge in [-0.15, -0.1) is 0 Å². The van der Waals surface area contributed by atoms with Gasteiger partial charge in [-0.25, -0.2) is 0 Å². The molecule has 124 valence electrons. The third kappa shape index (κ3) is 3.60. The maximum absolute atomic E-state index is 5.42. The van der Waals surface area contributed by atoms with Crippen molar-refractivity contribution in [1.82, 2.24) is 0 Å². The summed E-state index contributed by atoms with van der Waals surface area (Å²) >= 11 is 0. The van der Waals surface area contributed by atoms with Crippen LogP contribution in [-0.2, 0) is 0 Å². The van der Waals surface area contributed by atoms with E-state index in [2.05, 4.69) is 71.9 Å². The molecule has 2 aromatic rings. The molecule has 0 radical (unpaired) electrons. The molecule has 0 atom stereocenters. The van der Waals surface area contributed by atoms with Gasteiger partial charge in [-0.05, 0) is 57.7 Å². The van der Waals surface area contributed by atoms with Crippen molar-refractivity contribution in [3.05, 3.63) is 53.1 Å². The van der Waals surface area contributed by atoms with Gasteiger partial charge >= 0.3 is 0 Å². The van der Waals surface area contributed by atoms with Crippen molar-refractivity contribution in [3.63, 3.8) is 0 Å². The third-order valence-corrected chi connectivity index (χ3v) is 4.48. The summed E-state index contributed by atoms with van der Waals surface area (Å²) in [6, 6.07) is 13.0. The maximum atomic E-state index is 5.42. The summed E-state index contributed by atoms with van der Waals surface area (Å²) in [6.45, 7) is 13.8. The first-order chi connectivity index (χ1) is 10.9. The Kier molecular flexibility index (Phi) is 5.51. The molecule has 0 heterocycles. The van der Waals surface area contributed by atoms with Crippen LogP contribution in [0.1, 0.15) is 76.0 Å². The molecule has 1 nitrogen and oxygen atoms in total. The van der Waals surface area contributed by atoms with Crippen LogP contribution in [-0.4, -0.2) is 7.11 Å². The first kappa shape index (κ1) is 17.6. The lowest BCUT2D eigenvalue weighted by Gasteiger charge is -2.26. The molecule has 0 unspecified atom stereocenters. The fraction of sp³-hybridized carbons (Fsp3) is 0.455. The molecule has 0 aliphatic heterocycles. The van der Waals surface area contributed by atoms with Crippen LogP contribution >= 0.6 is 0 Å². The highest BCUT2D eigenvalue weighted by Gasteiger charge is 2.20. The highest BCUT2D eigenvalue weighted by Crippen LogP contribution is 2.40. The molecule has 1 heteroatoms. The molecule has 0 saturated heterocycles. The van der Waals surface area contributed by atoms with Gasteiger partial charge in [0.2, 0.25) is 0 Å². The average Bonchev–Trinajstić information content (AvgIpc) is 2.53. The van der Waals surface area contributed by atoms with Gasteiger partial charge in [0, 0.05) is 0 Å². The van der Waals surface area contributed by atoms with E-state index in [1.165, 1.54) is 27.8 Å². The Morgan fingerprint density at radius 1 is 0.739 bits per heavy atom. The predicted octanol–water partition coefficient (Wildman–Crippen LogP) is 6.73. The Hall–Kier alpha value is -1.76. The predicted molar refractivity (Wildman–Crippen MR) is 101 cm³/mol. The van der Waals surface area contributed by atoms with Crippen molar-refractivity contribution >= 4 is 0 Å². The van der Waals surface area contributed by atoms with Gasteiger partial charge in [-0.1, -0.05) is 65.8 Å². The SMILES string of the molecule is COc1cccc(-c2ccc(C(C)C)c(C(C)C)c2C(C)C)c1. The largest absolute Gasteiger partial charge is 0.497 e. The van der Waals surface area contributed by atoms with Crippen LogP contribution in [0.3, 0.4) is 0 Å². The summed E-state index contributed by atoms with van der Waals surface area (Å²) in [5.41, 5.74) is 7.07. The topological polar surface area (TPSA) is 9.23 Å². The van der Waals surface area contributed by atoms with E-state index in [-0.39, 0.29) is 0 Å². The van der Waals surface area contributed by atoms with E-state index in [0.29, 0.717) is 17.8 Å². The standard InChI is InChI=1S/C22H30O/c1-14(2)19-11-12-20(17-9-8-10-18(13-17)23-7)22(16(5)6)21(19)15(3)4/h8-16H,1-7H3. The number of benzene rings is 2. The van der Waals surface area contributed by atoms with Crippen LogP contribution in [0.5, 0.6) is 5.75 Å². The summed E-state index contributed by atoms with van der Waals surface area (Å²) in [5.74, 6) is 2.48. The van der Waals surface area contributed by atoms with Gasteiger partial charge in [0.25, 0.3) is 0 Å². The summed E-state index contributed by atoms with van der Waals surface area (Å²) in [5, 5.41) is 0. The lowest BCUT2D eigenvalue weighted by Crippen LogP contribution is -2.07. The zero-order valence-corrected chi connectivity index (χ0v) is 15.6. The molecule has 0 aliphatic rings. The Morgan fingerprint density at radius 2 is 1.39 bits per heavy atom. The van der Waals surface area contributed by atoms with Crippen molar-refractivity contribution in [3.8, 4) is 16.9 Å². The van der Waals surface area contributed by atoms with E-state index < -0.39 is 0 Å². The molecule has 23 heavy (non-hydrogen) atoms. The minimum atomic E-state index is 0.493.